The molecule has 0 aromatic heterocycles. The van der Waals surface area contributed by atoms with Crippen molar-refractivity contribution in [2.75, 3.05) is 31.1 Å². The Labute approximate surface area is 110 Å². The number of nitrogens with zero attached hydrogens (tertiary/aromatic N) is 1. The van der Waals surface area contributed by atoms with Crippen molar-refractivity contribution in [1.29, 1.82) is 0 Å². The fourth-order valence-corrected chi connectivity index (χ4v) is 6.02. The van der Waals surface area contributed by atoms with Gasteiger partial charge in [-0.25, -0.2) is 0 Å². The molecule has 17 heavy (non-hydrogen) atoms. The summed E-state index contributed by atoms with van der Waals surface area (Å²) in [4.78, 5) is 2.80. The Kier molecular flexibility index (Phi) is 3.44. The summed E-state index contributed by atoms with van der Waals surface area (Å²) in [5, 5.41) is 0. The van der Waals surface area contributed by atoms with E-state index in [0.717, 1.165) is 24.3 Å². The Morgan fingerprint density at radius 3 is 2.53 bits per heavy atom. The van der Waals surface area contributed by atoms with E-state index in [1.807, 2.05) is 0 Å². The molecule has 2 heterocycles. The molecule has 3 aliphatic rings. The van der Waals surface area contributed by atoms with Crippen LogP contribution in [0.1, 0.15) is 32.6 Å². The van der Waals surface area contributed by atoms with Crippen molar-refractivity contribution in [1.82, 2.24) is 4.90 Å². The van der Waals surface area contributed by atoms with E-state index in [1.165, 1.54) is 50.3 Å². The number of piperidine rings is 1. The van der Waals surface area contributed by atoms with E-state index in [1.54, 1.807) is 0 Å². The molecule has 3 heteroatoms. The number of thioether (sulfide) groups is 1. The minimum atomic E-state index is 0.332. The lowest BCUT2D eigenvalue weighted by Crippen LogP contribution is -2.62. The Bertz CT molecular complexity index is 271. The van der Waals surface area contributed by atoms with E-state index in [0.29, 0.717) is 5.54 Å². The van der Waals surface area contributed by atoms with Gasteiger partial charge in [-0.05, 0) is 42.8 Å². The molecule has 2 bridgehead atoms. The monoisotopic (exact) mass is 254 g/mol. The molecule has 3 rings (SSSR count). The Morgan fingerprint density at radius 1 is 1.29 bits per heavy atom. The fourth-order valence-electron chi connectivity index (χ4n) is 4.30. The molecule has 3 fully saturated rings. The van der Waals surface area contributed by atoms with Gasteiger partial charge >= 0.3 is 0 Å². The molecule has 1 aliphatic carbocycles. The Morgan fingerprint density at radius 2 is 2.00 bits per heavy atom. The maximum Gasteiger partial charge on any atom is 0.0455 e. The highest BCUT2D eigenvalue weighted by Gasteiger charge is 2.47. The lowest BCUT2D eigenvalue weighted by molar-refractivity contribution is -0.00511. The first-order valence-electron chi connectivity index (χ1n) is 7.27. The third-order valence-electron chi connectivity index (χ3n) is 5.47. The van der Waals surface area contributed by atoms with E-state index in [4.69, 9.17) is 5.73 Å². The first kappa shape index (κ1) is 12.3. The quantitative estimate of drug-likeness (QED) is 0.819. The van der Waals surface area contributed by atoms with Crippen LogP contribution in [-0.2, 0) is 0 Å². The molecular formula is C14H26N2S. The highest BCUT2D eigenvalue weighted by atomic mass is 32.2. The number of rotatable bonds is 2. The second kappa shape index (κ2) is 4.75. The van der Waals surface area contributed by atoms with Gasteiger partial charge in [-0.2, -0.15) is 11.8 Å². The fraction of sp³-hybridized carbons (Fsp3) is 1.00. The maximum atomic E-state index is 6.19. The van der Waals surface area contributed by atoms with Gasteiger partial charge in [-0.1, -0.05) is 13.3 Å². The zero-order valence-corrected chi connectivity index (χ0v) is 11.8. The van der Waals surface area contributed by atoms with Gasteiger partial charge in [0.2, 0.25) is 0 Å². The molecule has 0 amide bonds. The molecule has 0 spiro atoms. The van der Waals surface area contributed by atoms with E-state index in [9.17, 15) is 0 Å². The molecule has 4 atom stereocenters. The molecule has 2 N–H and O–H groups in total. The zero-order valence-electron chi connectivity index (χ0n) is 11.0. The minimum Gasteiger partial charge on any atom is -0.329 e. The first-order chi connectivity index (χ1) is 8.24. The highest BCUT2D eigenvalue weighted by molar-refractivity contribution is 7.99. The van der Waals surface area contributed by atoms with Crippen molar-refractivity contribution in [3.63, 3.8) is 0 Å². The summed E-state index contributed by atoms with van der Waals surface area (Å²) in [7, 11) is 0. The molecule has 0 aromatic carbocycles. The van der Waals surface area contributed by atoms with Crippen molar-refractivity contribution in [3.05, 3.63) is 0 Å². The third-order valence-corrected chi connectivity index (χ3v) is 6.91. The molecule has 0 radical (unpaired) electrons. The summed E-state index contributed by atoms with van der Waals surface area (Å²) in [5.41, 5.74) is 6.52. The van der Waals surface area contributed by atoms with Crippen LogP contribution in [0.4, 0.5) is 0 Å². The highest BCUT2D eigenvalue weighted by Crippen LogP contribution is 2.43. The number of nitrogens with two attached hydrogens (primary N) is 1. The first-order valence-corrected chi connectivity index (χ1v) is 8.43. The SMILES string of the molecule is CC1CSCC1(CN)N1CC2CCCC(C2)C1. The third kappa shape index (κ3) is 2.04. The molecule has 1 saturated carbocycles. The number of fused-ring (bicyclic) bond motifs is 2. The van der Waals surface area contributed by atoms with E-state index >= 15 is 0 Å². The van der Waals surface area contributed by atoms with Crippen molar-refractivity contribution >= 4 is 11.8 Å². The van der Waals surface area contributed by atoms with E-state index < -0.39 is 0 Å². The van der Waals surface area contributed by atoms with Crippen molar-refractivity contribution in [2.24, 2.45) is 23.5 Å². The van der Waals surface area contributed by atoms with Crippen LogP contribution in [0.5, 0.6) is 0 Å². The summed E-state index contributed by atoms with van der Waals surface area (Å²) in [6.07, 6.45) is 5.91. The summed E-state index contributed by atoms with van der Waals surface area (Å²) in [6.45, 7) is 5.94. The average Bonchev–Trinajstić information content (AvgIpc) is 2.71. The normalized spacial score (nSPS) is 47.3. The molecular weight excluding hydrogens is 228 g/mol. The summed E-state index contributed by atoms with van der Waals surface area (Å²) in [5.74, 6) is 5.30. The topological polar surface area (TPSA) is 29.3 Å². The van der Waals surface area contributed by atoms with Crippen LogP contribution in [0.15, 0.2) is 0 Å². The summed E-state index contributed by atoms with van der Waals surface area (Å²) >= 11 is 2.11. The van der Waals surface area contributed by atoms with Crippen LogP contribution in [0.2, 0.25) is 0 Å². The van der Waals surface area contributed by atoms with Crippen LogP contribution in [0.25, 0.3) is 0 Å². The predicted octanol–water partition coefficient (Wildman–Crippen LogP) is 2.19. The average molecular weight is 254 g/mol. The minimum absolute atomic E-state index is 0.332. The molecule has 98 valence electrons. The Hall–Kier alpha value is 0.270. The Balaban J connectivity index is 1.78. The molecule has 2 nitrogen and oxygen atoms in total. The zero-order chi connectivity index (χ0) is 11.9. The standard InChI is InChI=1S/C14H26N2S/c1-11-8-17-10-14(11,9-15)16-6-12-3-2-4-13(5-12)7-16/h11-13H,2-10,15H2,1H3. The molecule has 2 saturated heterocycles. The van der Waals surface area contributed by atoms with Gasteiger partial charge in [-0.15, -0.1) is 0 Å². The van der Waals surface area contributed by atoms with Gasteiger partial charge < -0.3 is 5.73 Å². The van der Waals surface area contributed by atoms with Gasteiger partial charge in [0.25, 0.3) is 0 Å². The van der Waals surface area contributed by atoms with Crippen LogP contribution < -0.4 is 5.73 Å². The van der Waals surface area contributed by atoms with E-state index in [2.05, 4.69) is 23.6 Å². The second-order valence-electron chi connectivity index (χ2n) is 6.53. The smallest absolute Gasteiger partial charge is 0.0455 e. The molecule has 0 aromatic rings. The lowest BCUT2D eigenvalue weighted by Gasteiger charge is -2.51. The van der Waals surface area contributed by atoms with Crippen LogP contribution in [0, 0.1) is 17.8 Å². The van der Waals surface area contributed by atoms with Crippen molar-refractivity contribution < 1.29 is 0 Å². The second-order valence-corrected chi connectivity index (χ2v) is 7.56. The van der Waals surface area contributed by atoms with Gasteiger partial charge in [0.1, 0.15) is 0 Å². The summed E-state index contributed by atoms with van der Waals surface area (Å²) < 4.78 is 0. The lowest BCUT2D eigenvalue weighted by atomic mass is 9.74. The van der Waals surface area contributed by atoms with E-state index in [-0.39, 0.29) is 0 Å². The van der Waals surface area contributed by atoms with Gasteiger partial charge in [0.05, 0.1) is 0 Å². The van der Waals surface area contributed by atoms with Crippen molar-refractivity contribution in [3.8, 4) is 0 Å². The van der Waals surface area contributed by atoms with Crippen LogP contribution in [-0.4, -0.2) is 41.6 Å². The number of likely N-dealkylation sites (tertiary alicyclic amines) is 1. The molecule has 2 aliphatic heterocycles. The largest absolute Gasteiger partial charge is 0.329 e. The predicted molar refractivity (Wildman–Crippen MR) is 75.3 cm³/mol. The number of hydrogen-bond donors (Lipinski definition) is 1. The van der Waals surface area contributed by atoms with Crippen molar-refractivity contribution in [2.45, 2.75) is 38.1 Å². The summed E-state index contributed by atoms with van der Waals surface area (Å²) in [6, 6.07) is 0. The molecule has 4 unspecified atom stereocenters. The van der Waals surface area contributed by atoms with Crippen LogP contribution >= 0.6 is 11.8 Å². The van der Waals surface area contributed by atoms with Gasteiger partial charge in [-0.3, -0.25) is 4.90 Å². The van der Waals surface area contributed by atoms with Gasteiger partial charge in [0, 0.05) is 30.9 Å². The number of hydrogen-bond acceptors (Lipinski definition) is 3. The van der Waals surface area contributed by atoms with Crippen LogP contribution in [0.3, 0.4) is 0 Å². The maximum absolute atomic E-state index is 6.19. The van der Waals surface area contributed by atoms with Gasteiger partial charge in [0.15, 0.2) is 0 Å².